The zero-order chi connectivity index (χ0) is 26.1. The van der Waals surface area contributed by atoms with Crippen LogP contribution in [0.15, 0.2) is 44.8 Å². The first-order chi connectivity index (χ1) is 16.3. The van der Waals surface area contributed by atoms with Gasteiger partial charge >= 0.3 is 19.8 Å². The summed E-state index contributed by atoms with van der Waals surface area (Å²) >= 11 is 11.9. The Hall–Kier alpha value is -2.38. The van der Waals surface area contributed by atoms with Gasteiger partial charge in [0.05, 0.1) is 10.0 Å². The molecule has 0 saturated carbocycles. The van der Waals surface area contributed by atoms with Crippen LogP contribution in [-0.2, 0) is 14.1 Å². The molecule has 0 spiro atoms. The first-order valence-electron chi connectivity index (χ1n) is 9.84. The van der Waals surface area contributed by atoms with Gasteiger partial charge in [0.15, 0.2) is 24.0 Å². The van der Waals surface area contributed by atoms with Gasteiger partial charge in [-0.05, 0) is 26.0 Å². The summed E-state index contributed by atoms with van der Waals surface area (Å²) in [7, 11) is -3.07. The van der Waals surface area contributed by atoms with Crippen LogP contribution in [0.1, 0.15) is 20.1 Å². The quantitative estimate of drug-likeness (QED) is 0.323. The highest BCUT2D eigenvalue weighted by molar-refractivity contribution is 7.33. The summed E-state index contributed by atoms with van der Waals surface area (Å²) in [5.41, 5.74) is -4.39. The number of H-pyrrole nitrogens is 1. The number of ether oxygens (including phenoxy) is 2. The zero-order valence-electron chi connectivity index (χ0n) is 18.0. The Morgan fingerprint density at radius 3 is 2.66 bits per heavy atom. The van der Waals surface area contributed by atoms with E-state index >= 15 is 4.39 Å². The molecule has 1 saturated heterocycles. The van der Waals surface area contributed by atoms with Gasteiger partial charge in [0.25, 0.3) is 11.8 Å². The number of alkyl halides is 1. The SMILES string of the molecule is C[C@H](N=[P+]([O-])OC(Oc1ccc(Cl)c(Cl)c1)[C@@H]1O[C@@H](n2ccc(=O)[nH]c2=O)[C@](C)(F)[C@@H]1O)C(=O)O. The smallest absolute Gasteiger partial charge is 0.346 e. The van der Waals surface area contributed by atoms with E-state index in [-0.39, 0.29) is 15.8 Å². The number of carboxylic acid groups (broad SMARTS) is 1. The second-order valence-corrected chi connectivity index (χ2v) is 9.33. The summed E-state index contributed by atoms with van der Waals surface area (Å²) in [6.07, 6.45) is -6.34. The van der Waals surface area contributed by atoms with Crippen molar-refractivity contribution < 1.29 is 38.3 Å². The second kappa shape index (κ2) is 10.7. The van der Waals surface area contributed by atoms with Gasteiger partial charge in [0.2, 0.25) is 0 Å². The van der Waals surface area contributed by atoms with Crippen molar-refractivity contribution >= 4 is 37.3 Å². The molecule has 2 unspecified atom stereocenters. The fraction of sp³-hybridized carbons (Fsp3) is 0.421. The summed E-state index contributed by atoms with van der Waals surface area (Å²) in [6.45, 7) is 2.08. The fourth-order valence-corrected chi connectivity index (χ4v) is 4.19. The number of carbonyl (C=O) groups is 1. The minimum absolute atomic E-state index is 0.0138. The highest BCUT2D eigenvalue weighted by Gasteiger charge is 2.59. The van der Waals surface area contributed by atoms with Crippen LogP contribution >= 0.6 is 31.4 Å². The van der Waals surface area contributed by atoms with E-state index in [1.807, 2.05) is 4.98 Å². The van der Waals surface area contributed by atoms with Gasteiger partial charge in [-0.2, -0.15) is 0 Å². The molecule has 1 aromatic heterocycles. The molecule has 35 heavy (non-hydrogen) atoms. The molecule has 0 radical (unpaired) electrons. The van der Waals surface area contributed by atoms with Crippen molar-refractivity contribution in [1.29, 1.82) is 0 Å². The van der Waals surface area contributed by atoms with E-state index in [1.165, 1.54) is 18.2 Å². The molecule has 190 valence electrons. The van der Waals surface area contributed by atoms with Crippen molar-refractivity contribution in [2.45, 2.75) is 50.3 Å². The molecule has 16 heteroatoms. The van der Waals surface area contributed by atoms with Gasteiger partial charge in [-0.1, -0.05) is 27.9 Å². The molecule has 7 atom stereocenters. The molecule has 12 nitrogen and oxygen atoms in total. The van der Waals surface area contributed by atoms with Crippen LogP contribution in [0.5, 0.6) is 5.75 Å². The summed E-state index contributed by atoms with van der Waals surface area (Å²) in [5, 5.41) is 19.9. The van der Waals surface area contributed by atoms with E-state index < -0.39 is 61.8 Å². The molecule has 1 fully saturated rings. The van der Waals surface area contributed by atoms with Gasteiger partial charge in [0, 0.05) is 18.3 Å². The van der Waals surface area contributed by atoms with Crippen molar-refractivity contribution in [2.75, 3.05) is 0 Å². The maximum Gasteiger partial charge on any atom is 0.346 e. The topological polar surface area (TPSA) is 175 Å². The number of aromatic amines is 1. The Morgan fingerprint density at radius 1 is 1.37 bits per heavy atom. The van der Waals surface area contributed by atoms with Crippen molar-refractivity contribution in [3.63, 3.8) is 0 Å². The third-order valence-electron chi connectivity index (χ3n) is 4.99. The lowest BCUT2D eigenvalue weighted by Crippen LogP contribution is -2.46. The van der Waals surface area contributed by atoms with Crippen molar-refractivity contribution in [2.24, 2.45) is 4.74 Å². The van der Waals surface area contributed by atoms with Gasteiger partial charge in [-0.15, -0.1) is 4.52 Å². The van der Waals surface area contributed by atoms with Crippen LogP contribution in [0, 0.1) is 0 Å². The molecule has 1 aliphatic rings. The van der Waals surface area contributed by atoms with E-state index in [0.29, 0.717) is 4.57 Å². The third-order valence-corrected chi connectivity index (χ3v) is 6.65. The number of aliphatic hydroxyl groups excluding tert-OH is 1. The van der Waals surface area contributed by atoms with E-state index in [4.69, 9.17) is 42.3 Å². The van der Waals surface area contributed by atoms with E-state index in [2.05, 4.69) is 4.74 Å². The van der Waals surface area contributed by atoms with Crippen molar-refractivity contribution in [1.82, 2.24) is 9.55 Å². The molecule has 0 aliphatic carbocycles. The molecular formula is C19H19Cl2FN3O9P. The number of hydrogen-bond acceptors (Lipinski definition) is 9. The minimum atomic E-state index is -3.07. The van der Waals surface area contributed by atoms with Gasteiger partial charge in [-0.25, -0.2) is 14.0 Å². The Kier molecular flexibility index (Phi) is 8.32. The van der Waals surface area contributed by atoms with Crippen LogP contribution in [-0.4, -0.2) is 55.9 Å². The number of hydrogen-bond donors (Lipinski definition) is 3. The molecule has 2 heterocycles. The molecule has 0 amide bonds. The van der Waals surface area contributed by atoms with Crippen LogP contribution < -0.4 is 20.9 Å². The first kappa shape index (κ1) is 27.2. The second-order valence-electron chi connectivity index (χ2n) is 7.60. The third kappa shape index (κ3) is 6.07. The summed E-state index contributed by atoms with van der Waals surface area (Å²) < 4.78 is 36.1. The van der Waals surface area contributed by atoms with E-state index in [9.17, 15) is 24.4 Å². The monoisotopic (exact) mass is 553 g/mol. The average Bonchev–Trinajstić information content (AvgIpc) is 2.99. The largest absolute Gasteiger partial charge is 0.583 e. The van der Waals surface area contributed by atoms with E-state index in [0.717, 1.165) is 26.1 Å². The van der Waals surface area contributed by atoms with Gasteiger partial charge < -0.3 is 24.6 Å². The zero-order valence-corrected chi connectivity index (χ0v) is 20.4. The number of benzene rings is 1. The molecular weight excluding hydrogens is 535 g/mol. The van der Waals surface area contributed by atoms with Crippen LogP contribution in [0.3, 0.4) is 0 Å². The van der Waals surface area contributed by atoms with Gasteiger partial charge in [0.1, 0.15) is 11.9 Å². The normalized spacial score (nSPS) is 26.4. The molecule has 1 aromatic carbocycles. The van der Waals surface area contributed by atoms with Gasteiger partial charge in [-0.3, -0.25) is 14.3 Å². The first-order valence-corrected chi connectivity index (χ1v) is 11.7. The van der Waals surface area contributed by atoms with E-state index in [1.54, 1.807) is 0 Å². The van der Waals surface area contributed by atoms with Crippen molar-refractivity contribution in [3.8, 4) is 5.75 Å². The Morgan fingerprint density at radius 2 is 2.06 bits per heavy atom. The lowest BCUT2D eigenvalue weighted by molar-refractivity contribution is -0.206. The number of carboxylic acids is 1. The van der Waals surface area contributed by atoms with Crippen LogP contribution in [0.2, 0.25) is 10.0 Å². The minimum Gasteiger partial charge on any atom is -0.583 e. The molecule has 1 aliphatic heterocycles. The molecule has 0 bridgehead atoms. The Bertz CT molecular complexity index is 1250. The fourth-order valence-electron chi connectivity index (χ4n) is 3.13. The maximum absolute atomic E-state index is 15.6. The van der Waals surface area contributed by atoms with Crippen LogP contribution in [0.4, 0.5) is 4.39 Å². The summed E-state index contributed by atoms with van der Waals surface area (Å²) in [6, 6.07) is 3.49. The number of nitrogens with zero attached hydrogens (tertiary/aromatic N) is 2. The maximum atomic E-state index is 15.6. The Balaban J connectivity index is 1.98. The number of aliphatic carboxylic acids is 1. The number of aliphatic hydroxyl groups is 1. The Labute approximate surface area is 207 Å². The number of halogens is 3. The summed E-state index contributed by atoms with van der Waals surface area (Å²) in [5.74, 6) is -1.40. The highest BCUT2D eigenvalue weighted by atomic mass is 35.5. The lowest BCUT2D eigenvalue weighted by Gasteiger charge is -2.25. The average molecular weight is 554 g/mol. The predicted molar refractivity (Wildman–Crippen MR) is 119 cm³/mol. The highest BCUT2D eigenvalue weighted by Crippen LogP contribution is 2.43. The summed E-state index contributed by atoms with van der Waals surface area (Å²) in [4.78, 5) is 48.9. The lowest BCUT2D eigenvalue weighted by atomic mass is 9.98. The molecule has 3 rings (SSSR count). The molecule has 3 N–H and O–H groups in total. The molecule has 2 aromatic rings. The predicted octanol–water partition coefficient (Wildman–Crippen LogP) is 1.58. The standard InChI is InChI=1S/C19H19Cl2FN3O9P/c1-8(15(28)29)24-35(31)34-16(32-9-3-4-10(20)11(21)7-9)13-14(27)19(2,22)17(33-13)25-6-5-12(26)23-18(25)30/h3-8,13-14,16-17,27H,1-2H3,(H,28,29)(H,23,26,30)/t8-,13+,14+,16?,17+,19+/m0/s1. The number of rotatable bonds is 8. The van der Waals surface area contributed by atoms with Crippen LogP contribution in [0.25, 0.3) is 0 Å². The number of aromatic nitrogens is 2. The van der Waals surface area contributed by atoms with Crippen molar-refractivity contribution in [3.05, 3.63) is 61.3 Å². The number of nitrogens with one attached hydrogen (secondary N) is 1.